The van der Waals surface area contributed by atoms with E-state index in [1.807, 2.05) is 0 Å². The maximum Gasteiger partial charge on any atom is 0.150 e. The number of anilines is 1. The number of rotatable bonds is 5. The number of aliphatic hydroxyl groups excluding tert-OH is 1. The van der Waals surface area contributed by atoms with Crippen LogP contribution >= 0.6 is 34.8 Å². The van der Waals surface area contributed by atoms with Crippen LogP contribution < -0.4 is 5.32 Å². The highest BCUT2D eigenvalue weighted by Crippen LogP contribution is 2.48. The van der Waals surface area contributed by atoms with Crippen molar-refractivity contribution in [2.24, 2.45) is 5.41 Å². The molecule has 1 saturated carbocycles. The number of aliphatic hydroxyl groups is 1. The van der Waals surface area contributed by atoms with Crippen molar-refractivity contribution in [2.45, 2.75) is 19.3 Å². The van der Waals surface area contributed by atoms with Crippen molar-refractivity contribution in [2.75, 3.05) is 18.5 Å². The summed E-state index contributed by atoms with van der Waals surface area (Å²) in [5, 5.41) is 13.2. The first-order chi connectivity index (χ1) is 8.06. The minimum Gasteiger partial charge on any atom is -0.396 e. The van der Waals surface area contributed by atoms with E-state index in [1.165, 1.54) is 0 Å². The second-order valence-corrected chi connectivity index (χ2v) is 5.59. The maximum absolute atomic E-state index is 8.97. The summed E-state index contributed by atoms with van der Waals surface area (Å²) in [5.74, 6) is 0.547. The Balaban J connectivity index is 2.02. The number of aromatic nitrogens is 1. The van der Waals surface area contributed by atoms with Crippen molar-refractivity contribution in [1.82, 2.24) is 4.98 Å². The fourth-order valence-corrected chi connectivity index (χ4v) is 2.33. The highest BCUT2D eigenvalue weighted by molar-refractivity contribution is 6.42. The number of pyridine rings is 1. The van der Waals surface area contributed by atoms with Gasteiger partial charge in [0.05, 0.1) is 10.0 Å². The van der Waals surface area contributed by atoms with Gasteiger partial charge in [0.2, 0.25) is 0 Å². The van der Waals surface area contributed by atoms with Crippen LogP contribution in [0.4, 0.5) is 5.82 Å². The van der Waals surface area contributed by atoms with Gasteiger partial charge in [-0.2, -0.15) is 0 Å². The number of hydrogen-bond donors (Lipinski definition) is 2. The van der Waals surface area contributed by atoms with Crippen LogP contribution in [0.5, 0.6) is 0 Å². The summed E-state index contributed by atoms with van der Waals surface area (Å²) in [7, 11) is 0. The Hall–Kier alpha value is -0.220. The zero-order valence-electron chi connectivity index (χ0n) is 9.14. The normalized spacial score (nSPS) is 16.9. The summed E-state index contributed by atoms with van der Waals surface area (Å²) >= 11 is 17.6. The van der Waals surface area contributed by atoms with Crippen molar-refractivity contribution in [1.29, 1.82) is 0 Å². The van der Waals surface area contributed by atoms with Gasteiger partial charge >= 0.3 is 0 Å². The zero-order valence-corrected chi connectivity index (χ0v) is 11.4. The van der Waals surface area contributed by atoms with E-state index in [1.54, 1.807) is 6.07 Å². The molecule has 1 fully saturated rings. The predicted molar refractivity (Wildman–Crippen MR) is 71.1 cm³/mol. The predicted octanol–water partition coefficient (Wildman–Crippen LogP) is 3.62. The Morgan fingerprint density at radius 1 is 1.29 bits per heavy atom. The second kappa shape index (κ2) is 5.19. The van der Waals surface area contributed by atoms with E-state index in [0.29, 0.717) is 15.9 Å². The molecule has 2 N–H and O–H groups in total. The van der Waals surface area contributed by atoms with Crippen LogP contribution in [-0.2, 0) is 0 Å². The van der Waals surface area contributed by atoms with Gasteiger partial charge in [0.1, 0.15) is 11.0 Å². The van der Waals surface area contributed by atoms with Gasteiger partial charge in [-0.15, -0.1) is 0 Å². The lowest BCUT2D eigenvalue weighted by atomic mass is 10.0. The number of nitrogens with zero attached hydrogens (tertiary/aromatic N) is 1. The molecule has 17 heavy (non-hydrogen) atoms. The number of nitrogens with one attached hydrogen (secondary N) is 1. The number of hydrogen-bond acceptors (Lipinski definition) is 3. The second-order valence-electron chi connectivity index (χ2n) is 4.42. The largest absolute Gasteiger partial charge is 0.396 e. The van der Waals surface area contributed by atoms with Crippen molar-refractivity contribution >= 4 is 40.6 Å². The molecular formula is C11H13Cl3N2O. The Morgan fingerprint density at radius 2 is 2.00 bits per heavy atom. The molecule has 1 aromatic heterocycles. The van der Waals surface area contributed by atoms with E-state index in [-0.39, 0.29) is 17.2 Å². The van der Waals surface area contributed by atoms with Gasteiger partial charge in [0.15, 0.2) is 0 Å². The summed E-state index contributed by atoms with van der Waals surface area (Å²) in [6, 6.07) is 1.58. The third kappa shape index (κ3) is 3.16. The monoisotopic (exact) mass is 294 g/mol. The third-order valence-electron chi connectivity index (χ3n) is 3.12. The van der Waals surface area contributed by atoms with Crippen molar-refractivity contribution in [3.63, 3.8) is 0 Å². The van der Waals surface area contributed by atoms with Gasteiger partial charge < -0.3 is 10.4 Å². The van der Waals surface area contributed by atoms with Crippen LogP contribution in [0, 0.1) is 5.41 Å². The molecule has 0 bridgehead atoms. The van der Waals surface area contributed by atoms with E-state index in [0.717, 1.165) is 25.8 Å². The van der Waals surface area contributed by atoms with Gasteiger partial charge in [-0.05, 0) is 30.7 Å². The summed E-state index contributed by atoms with van der Waals surface area (Å²) in [6.07, 6.45) is 3.05. The standard InChI is InChI=1S/C11H13Cl3N2O/c12-7-5-8(13)10(16-9(7)14)15-6-11(1-2-11)3-4-17/h5,17H,1-4,6H2,(H,15,16). The smallest absolute Gasteiger partial charge is 0.150 e. The van der Waals surface area contributed by atoms with Gasteiger partial charge in [0.25, 0.3) is 0 Å². The lowest BCUT2D eigenvalue weighted by Gasteiger charge is -2.16. The molecule has 0 saturated heterocycles. The Morgan fingerprint density at radius 3 is 2.59 bits per heavy atom. The van der Waals surface area contributed by atoms with E-state index in [9.17, 15) is 0 Å². The van der Waals surface area contributed by atoms with Gasteiger partial charge in [0, 0.05) is 13.2 Å². The molecule has 0 radical (unpaired) electrons. The average Bonchev–Trinajstić information content (AvgIpc) is 3.03. The first-order valence-corrected chi connectivity index (χ1v) is 6.56. The first-order valence-electron chi connectivity index (χ1n) is 5.43. The molecule has 3 nitrogen and oxygen atoms in total. The minimum absolute atomic E-state index is 0.200. The van der Waals surface area contributed by atoms with Gasteiger partial charge in [-0.1, -0.05) is 34.8 Å². The van der Waals surface area contributed by atoms with Gasteiger partial charge in [-0.25, -0.2) is 4.98 Å². The van der Waals surface area contributed by atoms with Gasteiger partial charge in [-0.3, -0.25) is 0 Å². The fraction of sp³-hybridized carbons (Fsp3) is 0.545. The van der Waals surface area contributed by atoms with E-state index >= 15 is 0 Å². The molecule has 94 valence electrons. The quantitative estimate of drug-likeness (QED) is 0.816. The summed E-state index contributed by atoms with van der Waals surface area (Å²) < 4.78 is 0. The number of halogens is 3. The fourth-order valence-electron chi connectivity index (χ4n) is 1.77. The molecule has 0 atom stereocenters. The van der Waals surface area contributed by atoms with Crippen LogP contribution in [0.15, 0.2) is 6.07 Å². The molecule has 0 unspecified atom stereocenters. The maximum atomic E-state index is 8.97. The SMILES string of the molecule is OCCC1(CNc2nc(Cl)c(Cl)cc2Cl)CC1. The molecule has 0 amide bonds. The van der Waals surface area contributed by atoms with Crippen LogP contribution in [0.25, 0.3) is 0 Å². The highest BCUT2D eigenvalue weighted by Gasteiger charge is 2.41. The molecule has 1 aliphatic rings. The van der Waals surface area contributed by atoms with Crippen molar-refractivity contribution < 1.29 is 5.11 Å². The van der Waals surface area contributed by atoms with E-state index in [2.05, 4.69) is 10.3 Å². The van der Waals surface area contributed by atoms with Crippen LogP contribution in [0.1, 0.15) is 19.3 Å². The molecule has 0 aromatic carbocycles. The molecule has 1 aliphatic carbocycles. The molecule has 1 aromatic rings. The molecule has 0 aliphatic heterocycles. The van der Waals surface area contributed by atoms with Crippen molar-refractivity contribution in [3.8, 4) is 0 Å². The topological polar surface area (TPSA) is 45.1 Å². The van der Waals surface area contributed by atoms with E-state index in [4.69, 9.17) is 39.9 Å². The minimum atomic E-state index is 0.200. The first kappa shape index (κ1) is 13.2. The third-order valence-corrected chi connectivity index (χ3v) is 4.08. The lowest BCUT2D eigenvalue weighted by Crippen LogP contribution is -2.17. The van der Waals surface area contributed by atoms with Crippen molar-refractivity contribution in [3.05, 3.63) is 21.3 Å². The molecular weight excluding hydrogens is 282 g/mol. The Kier molecular flexibility index (Phi) is 4.03. The Labute approximate surface area is 115 Å². The summed E-state index contributed by atoms with van der Waals surface area (Å²) in [6.45, 7) is 0.961. The summed E-state index contributed by atoms with van der Waals surface area (Å²) in [5.41, 5.74) is 0.200. The lowest BCUT2D eigenvalue weighted by molar-refractivity contribution is 0.253. The van der Waals surface area contributed by atoms with Crippen LogP contribution in [-0.4, -0.2) is 23.2 Å². The average molecular weight is 296 g/mol. The van der Waals surface area contributed by atoms with Crippen LogP contribution in [0.3, 0.4) is 0 Å². The highest BCUT2D eigenvalue weighted by atomic mass is 35.5. The van der Waals surface area contributed by atoms with E-state index < -0.39 is 0 Å². The summed E-state index contributed by atoms with van der Waals surface area (Å²) in [4.78, 5) is 4.09. The molecule has 1 heterocycles. The Bertz CT molecular complexity index is 421. The molecule has 0 spiro atoms. The zero-order chi connectivity index (χ0) is 12.5. The van der Waals surface area contributed by atoms with Crippen LogP contribution in [0.2, 0.25) is 15.2 Å². The molecule has 6 heteroatoms. The molecule has 2 rings (SSSR count).